The summed E-state index contributed by atoms with van der Waals surface area (Å²) in [7, 11) is 0. The second kappa shape index (κ2) is 3.52. The third-order valence-electron chi connectivity index (χ3n) is 1.98. The second-order valence-corrected chi connectivity index (χ2v) is 3.85. The summed E-state index contributed by atoms with van der Waals surface area (Å²) in [5.41, 5.74) is 6.62. The monoisotopic (exact) mass is 239 g/mol. The molecule has 0 aliphatic carbocycles. The molecule has 0 spiro atoms. The molecular formula is C10H10BrNO. The van der Waals surface area contributed by atoms with Crippen molar-refractivity contribution >= 4 is 22.0 Å². The molecule has 1 heterocycles. The molecule has 0 radical (unpaired) electrons. The maximum atomic E-state index is 5.62. The van der Waals surface area contributed by atoms with Crippen LogP contribution in [0.4, 0.5) is 0 Å². The van der Waals surface area contributed by atoms with Gasteiger partial charge in [0.05, 0.1) is 0 Å². The molecule has 1 atom stereocenters. The molecule has 1 aromatic rings. The van der Waals surface area contributed by atoms with Gasteiger partial charge >= 0.3 is 0 Å². The Balaban J connectivity index is 2.36. The third kappa shape index (κ3) is 1.76. The molecular weight excluding hydrogens is 230 g/mol. The third-order valence-corrected chi connectivity index (χ3v) is 2.47. The van der Waals surface area contributed by atoms with Crippen LogP contribution in [-0.4, -0.2) is 12.6 Å². The van der Waals surface area contributed by atoms with Crippen molar-refractivity contribution in [2.45, 2.75) is 6.10 Å². The van der Waals surface area contributed by atoms with E-state index >= 15 is 0 Å². The Bertz CT molecular complexity index is 349. The first-order valence-corrected chi connectivity index (χ1v) is 4.93. The fraction of sp³-hybridized carbons (Fsp3) is 0.200. The first kappa shape index (κ1) is 8.78. The molecule has 0 saturated carbocycles. The normalized spacial score (nSPS) is 19.4. The van der Waals surface area contributed by atoms with Gasteiger partial charge in [0.1, 0.15) is 11.9 Å². The molecule has 2 rings (SSSR count). The fourth-order valence-electron chi connectivity index (χ4n) is 1.29. The molecule has 0 saturated heterocycles. The summed E-state index contributed by atoms with van der Waals surface area (Å²) in [4.78, 5) is 0. The molecule has 0 aromatic heterocycles. The number of halogens is 1. The van der Waals surface area contributed by atoms with Crippen molar-refractivity contribution in [1.82, 2.24) is 0 Å². The number of fused-ring (bicyclic) bond motifs is 1. The van der Waals surface area contributed by atoms with Crippen LogP contribution in [0.3, 0.4) is 0 Å². The van der Waals surface area contributed by atoms with E-state index in [-0.39, 0.29) is 6.10 Å². The van der Waals surface area contributed by atoms with Crippen LogP contribution in [-0.2, 0) is 0 Å². The van der Waals surface area contributed by atoms with Gasteiger partial charge in [-0.3, -0.25) is 0 Å². The van der Waals surface area contributed by atoms with Crippen molar-refractivity contribution in [3.05, 3.63) is 34.3 Å². The number of hydrogen-bond donors (Lipinski definition) is 1. The lowest BCUT2D eigenvalue weighted by Crippen LogP contribution is -2.26. The lowest BCUT2D eigenvalue weighted by atomic mass is 10.1. The zero-order chi connectivity index (χ0) is 9.26. The maximum absolute atomic E-state index is 5.62. The van der Waals surface area contributed by atoms with E-state index in [4.69, 9.17) is 10.5 Å². The van der Waals surface area contributed by atoms with Gasteiger partial charge in [-0.25, -0.2) is 0 Å². The lowest BCUT2D eigenvalue weighted by Gasteiger charge is -2.20. The average molecular weight is 240 g/mol. The van der Waals surface area contributed by atoms with E-state index in [1.54, 1.807) is 0 Å². The van der Waals surface area contributed by atoms with Gasteiger partial charge in [0.25, 0.3) is 0 Å². The van der Waals surface area contributed by atoms with Crippen LogP contribution in [0, 0.1) is 0 Å². The molecule has 1 unspecified atom stereocenters. The van der Waals surface area contributed by atoms with Gasteiger partial charge < -0.3 is 10.5 Å². The zero-order valence-corrected chi connectivity index (χ0v) is 8.62. The van der Waals surface area contributed by atoms with Crippen molar-refractivity contribution in [3.63, 3.8) is 0 Å². The second-order valence-electron chi connectivity index (χ2n) is 2.93. The minimum Gasteiger partial charge on any atom is -0.484 e. The Labute approximate surface area is 85.5 Å². The van der Waals surface area contributed by atoms with Gasteiger partial charge in [-0.15, -0.1) is 0 Å². The van der Waals surface area contributed by atoms with E-state index in [1.807, 2.05) is 30.4 Å². The van der Waals surface area contributed by atoms with E-state index < -0.39 is 0 Å². The van der Waals surface area contributed by atoms with Gasteiger partial charge in [0.2, 0.25) is 0 Å². The van der Waals surface area contributed by atoms with Gasteiger partial charge in [-0.1, -0.05) is 28.1 Å². The molecule has 0 amide bonds. The van der Waals surface area contributed by atoms with Crippen LogP contribution in [0.25, 0.3) is 6.08 Å². The molecule has 0 fully saturated rings. The van der Waals surface area contributed by atoms with Crippen molar-refractivity contribution in [1.29, 1.82) is 0 Å². The van der Waals surface area contributed by atoms with Crippen molar-refractivity contribution in [3.8, 4) is 5.75 Å². The minimum absolute atomic E-state index is 0.0156. The Kier molecular flexibility index (Phi) is 2.38. The molecule has 0 bridgehead atoms. The number of benzene rings is 1. The highest BCUT2D eigenvalue weighted by molar-refractivity contribution is 9.10. The summed E-state index contributed by atoms with van der Waals surface area (Å²) in [5, 5.41) is 0. The SMILES string of the molecule is NCC1C=Cc2ccc(Br)cc2O1. The van der Waals surface area contributed by atoms with Crippen LogP contribution in [0.15, 0.2) is 28.7 Å². The highest BCUT2D eigenvalue weighted by atomic mass is 79.9. The zero-order valence-electron chi connectivity index (χ0n) is 7.03. The average Bonchev–Trinajstić information content (AvgIpc) is 2.16. The number of hydrogen-bond acceptors (Lipinski definition) is 2. The smallest absolute Gasteiger partial charge is 0.129 e. The summed E-state index contributed by atoms with van der Waals surface area (Å²) in [6.45, 7) is 0.516. The highest BCUT2D eigenvalue weighted by Gasteiger charge is 2.12. The summed E-state index contributed by atoms with van der Waals surface area (Å²) < 4.78 is 6.65. The summed E-state index contributed by atoms with van der Waals surface area (Å²) in [6.07, 6.45) is 4.04. The van der Waals surface area contributed by atoms with E-state index in [2.05, 4.69) is 15.9 Å². The van der Waals surface area contributed by atoms with Crippen LogP contribution in [0.5, 0.6) is 5.75 Å². The standard InChI is InChI=1S/C10H10BrNO/c11-8-3-1-7-2-4-9(6-12)13-10(7)5-8/h1-5,9H,6,12H2. The first-order chi connectivity index (χ1) is 6.29. The van der Waals surface area contributed by atoms with Crippen LogP contribution in [0.1, 0.15) is 5.56 Å². The van der Waals surface area contributed by atoms with E-state index in [0.717, 1.165) is 15.8 Å². The molecule has 2 nitrogen and oxygen atoms in total. The minimum atomic E-state index is 0.0156. The molecule has 1 aromatic carbocycles. The molecule has 2 N–H and O–H groups in total. The first-order valence-electron chi connectivity index (χ1n) is 4.14. The van der Waals surface area contributed by atoms with Gasteiger partial charge in [-0.2, -0.15) is 0 Å². The topological polar surface area (TPSA) is 35.2 Å². The molecule has 3 heteroatoms. The Morgan fingerprint density at radius 3 is 3.08 bits per heavy atom. The fourth-order valence-corrected chi connectivity index (χ4v) is 1.63. The largest absolute Gasteiger partial charge is 0.484 e. The van der Waals surface area contributed by atoms with Gasteiger partial charge in [-0.05, 0) is 18.2 Å². The maximum Gasteiger partial charge on any atom is 0.129 e. The number of nitrogens with two attached hydrogens (primary N) is 1. The van der Waals surface area contributed by atoms with Crippen LogP contribution < -0.4 is 10.5 Å². The predicted molar refractivity (Wildman–Crippen MR) is 56.6 cm³/mol. The van der Waals surface area contributed by atoms with Gasteiger partial charge in [0.15, 0.2) is 0 Å². The highest BCUT2D eigenvalue weighted by Crippen LogP contribution is 2.28. The quantitative estimate of drug-likeness (QED) is 0.816. The van der Waals surface area contributed by atoms with E-state index in [0.29, 0.717) is 6.54 Å². The number of rotatable bonds is 1. The van der Waals surface area contributed by atoms with Gasteiger partial charge in [0, 0.05) is 16.6 Å². The molecule has 1 aliphatic rings. The lowest BCUT2D eigenvalue weighted by molar-refractivity contribution is 0.253. The number of ether oxygens (including phenoxy) is 1. The Morgan fingerprint density at radius 1 is 1.46 bits per heavy atom. The van der Waals surface area contributed by atoms with Crippen LogP contribution >= 0.6 is 15.9 Å². The summed E-state index contributed by atoms with van der Waals surface area (Å²) >= 11 is 3.40. The Hall–Kier alpha value is -0.800. The van der Waals surface area contributed by atoms with Crippen molar-refractivity contribution < 1.29 is 4.74 Å². The predicted octanol–water partition coefficient (Wildman–Crippen LogP) is 2.18. The Morgan fingerprint density at radius 2 is 2.31 bits per heavy atom. The molecule has 68 valence electrons. The molecule has 13 heavy (non-hydrogen) atoms. The van der Waals surface area contributed by atoms with E-state index in [9.17, 15) is 0 Å². The van der Waals surface area contributed by atoms with E-state index in [1.165, 1.54) is 0 Å². The van der Waals surface area contributed by atoms with Crippen LogP contribution in [0.2, 0.25) is 0 Å². The molecule has 1 aliphatic heterocycles. The summed E-state index contributed by atoms with van der Waals surface area (Å²) in [6, 6.07) is 5.97. The summed E-state index contributed by atoms with van der Waals surface area (Å²) in [5.74, 6) is 0.896. The van der Waals surface area contributed by atoms with Crippen molar-refractivity contribution in [2.24, 2.45) is 5.73 Å². The van der Waals surface area contributed by atoms with Crippen molar-refractivity contribution in [2.75, 3.05) is 6.54 Å².